The molecule has 19 heavy (non-hydrogen) atoms. The van der Waals surface area contributed by atoms with Crippen LogP contribution in [0, 0.1) is 11.8 Å². The van der Waals surface area contributed by atoms with Crippen LogP contribution in [0.25, 0.3) is 0 Å². The van der Waals surface area contributed by atoms with Crippen molar-refractivity contribution in [1.82, 2.24) is 10.2 Å². The van der Waals surface area contributed by atoms with Gasteiger partial charge in [-0.15, -0.1) is 0 Å². The summed E-state index contributed by atoms with van der Waals surface area (Å²) in [6.45, 7) is 3.71. The SMILES string of the molecule is CN1CC(Cc2ccccc2)CC(NCC2CC2)C1. The van der Waals surface area contributed by atoms with E-state index in [-0.39, 0.29) is 0 Å². The molecular formula is C17H26N2. The summed E-state index contributed by atoms with van der Waals surface area (Å²) in [5, 5.41) is 3.79. The van der Waals surface area contributed by atoms with Gasteiger partial charge in [-0.05, 0) is 56.7 Å². The second-order valence-corrected chi connectivity index (χ2v) is 6.56. The van der Waals surface area contributed by atoms with Crippen LogP contribution in [0.1, 0.15) is 24.8 Å². The van der Waals surface area contributed by atoms with Crippen molar-refractivity contribution >= 4 is 0 Å². The van der Waals surface area contributed by atoms with E-state index in [0.717, 1.165) is 11.8 Å². The molecule has 1 saturated carbocycles. The summed E-state index contributed by atoms with van der Waals surface area (Å²) in [4.78, 5) is 2.50. The van der Waals surface area contributed by atoms with E-state index in [0.29, 0.717) is 6.04 Å². The first-order valence-corrected chi connectivity index (χ1v) is 7.75. The molecule has 0 spiro atoms. The van der Waals surface area contributed by atoms with Crippen LogP contribution >= 0.6 is 0 Å². The summed E-state index contributed by atoms with van der Waals surface area (Å²) >= 11 is 0. The van der Waals surface area contributed by atoms with E-state index in [4.69, 9.17) is 0 Å². The number of hydrogen-bond acceptors (Lipinski definition) is 2. The number of nitrogens with zero attached hydrogens (tertiary/aromatic N) is 1. The van der Waals surface area contributed by atoms with Gasteiger partial charge in [0.15, 0.2) is 0 Å². The van der Waals surface area contributed by atoms with Gasteiger partial charge in [0.25, 0.3) is 0 Å². The highest BCUT2D eigenvalue weighted by atomic mass is 15.1. The molecule has 0 aromatic heterocycles. The van der Waals surface area contributed by atoms with Crippen molar-refractivity contribution in [1.29, 1.82) is 0 Å². The highest BCUT2D eigenvalue weighted by molar-refractivity contribution is 5.15. The van der Waals surface area contributed by atoms with Crippen molar-refractivity contribution < 1.29 is 0 Å². The molecule has 0 amide bonds. The van der Waals surface area contributed by atoms with Gasteiger partial charge in [-0.25, -0.2) is 0 Å². The Morgan fingerprint density at radius 3 is 2.63 bits per heavy atom. The number of hydrogen-bond donors (Lipinski definition) is 1. The normalized spacial score (nSPS) is 28.5. The summed E-state index contributed by atoms with van der Waals surface area (Å²) in [5.74, 6) is 1.79. The Labute approximate surface area is 117 Å². The van der Waals surface area contributed by atoms with Gasteiger partial charge in [-0.3, -0.25) is 0 Å². The van der Waals surface area contributed by atoms with Crippen LogP contribution in [-0.2, 0) is 6.42 Å². The van der Waals surface area contributed by atoms with E-state index >= 15 is 0 Å². The highest BCUT2D eigenvalue weighted by Crippen LogP contribution is 2.28. The van der Waals surface area contributed by atoms with E-state index in [9.17, 15) is 0 Å². The Kier molecular flexibility index (Phi) is 4.19. The van der Waals surface area contributed by atoms with Gasteiger partial charge >= 0.3 is 0 Å². The van der Waals surface area contributed by atoms with E-state index in [1.807, 2.05) is 0 Å². The first kappa shape index (κ1) is 13.1. The van der Waals surface area contributed by atoms with Crippen LogP contribution in [0.4, 0.5) is 0 Å². The van der Waals surface area contributed by atoms with Crippen LogP contribution in [0.15, 0.2) is 30.3 Å². The van der Waals surface area contributed by atoms with Crippen molar-refractivity contribution in [2.24, 2.45) is 11.8 Å². The lowest BCUT2D eigenvalue weighted by atomic mass is 9.89. The first-order valence-electron chi connectivity index (χ1n) is 7.75. The number of benzene rings is 1. The van der Waals surface area contributed by atoms with Crippen LogP contribution in [0.5, 0.6) is 0 Å². The maximum Gasteiger partial charge on any atom is 0.0198 e. The smallest absolute Gasteiger partial charge is 0.0198 e. The van der Waals surface area contributed by atoms with Gasteiger partial charge in [0.2, 0.25) is 0 Å². The Bertz CT molecular complexity index is 386. The maximum atomic E-state index is 3.79. The molecule has 1 aliphatic carbocycles. The van der Waals surface area contributed by atoms with Gasteiger partial charge in [-0.1, -0.05) is 30.3 Å². The fraction of sp³-hybridized carbons (Fsp3) is 0.647. The topological polar surface area (TPSA) is 15.3 Å². The van der Waals surface area contributed by atoms with Crippen LogP contribution in [-0.4, -0.2) is 37.6 Å². The number of piperidine rings is 1. The lowest BCUT2D eigenvalue weighted by Crippen LogP contribution is -2.48. The molecule has 0 radical (unpaired) electrons. The molecule has 1 saturated heterocycles. The zero-order valence-corrected chi connectivity index (χ0v) is 12.0. The minimum Gasteiger partial charge on any atom is -0.312 e. The lowest BCUT2D eigenvalue weighted by Gasteiger charge is -2.36. The largest absolute Gasteiger partial charge is 0.312 e. The Hall–Kier alpha value is -0.860. The molecule has 2 fully saturated rings. The first-order chi connectivity index (χ1) is 9.29. The van der Waals surface area contributed by atoms with E-state index in [1.54, 1.807) is 0 Å². The van der Waals surface area contributed by atoms with Gasteiger partial charge < -0.3 is 10.2 Å². The molecule has 2 unspecified atom stereocenters. The molecule has 1 N–H and O–H groups in total. The number of likely N-dealkylation sites (N-methyl/N-ethyl adjacent to an activating group) is 1. The summed E-state index contributed by atoms with van der Waals surface area (Å²) in [6, 6.07) is 11.7. The molecule has 0 bridgehead atoms. The fourth-order valence-corrected chi connectivity index (χ4v) is 3.34. The third-order valence-electron chi connectivity index (χ3n) is 4.48. The summed E-state index contributed by atoms with van der Waals surface area (Å²) in [7, 11) is 2.27. The molecule has 2 aliphatic rings. The molecule has 104 valence electrons. The lowest BCUT2D eigenvalue weighted by molar-refractivity contribution is 0.168. The van der Waals surface area contributed by atoms with E-state index < -0.39 is 0 Å². The number of rotatable bonds is 5. The average molecular weight is 258 g/mol. The summed E-state index contributed by atoms with van der Waals surface area (Å²) in [5.41, 5.74) is 1.49. The molecular weight excluding hydrogens is 232 g/mol. The molecule has 1 heterocycles. The zero-order valence-electron chi connectivity index (χ0n) is 12.0. The van der Waals surface area contributed by atoms with Crippen molar-refractivity contribution in [3.63, 3.8) is 0 Å². The van der Waals surface area contributed by atoms with Gasteiger partial charge in [-0.2, -0.15) is 0 Å². The Morgan fingerprint density at radius 1 is 1.11 bits per heavy atom. The fourth-order valence-electron chi connectivity index (χ4n) is 3.34. The van der Waals surface area contributed by atoms with E-state index in [2.05, 4.69) is 47.6 Å². The third kappa shape index (κ3) is 4.05. The zero-order chi connectivity index (χ0) is 13.1. The quantitative estimate of drug-likeness (QED) is 0.873. The highest BCUT2D eigenvalue weighted by Gasteiger charge is 2.27. The molecule has 2 atom stereocenters. The molecule has 1 aromatic rings. The van der Waals surface area contributed by atoms with Gasteiger partial charge in [0.1, 0.15) is 0 Å². The van der Waals surface area contributed by atoms with Gasteiger partial charge in [0, 0.05) is 19.1 Å². The molecule has 3 rings (SSSR count). The van der Waals surface area contributed by atoms with Crippen LogP contribution in [0.3, 0.4) is 0 Å². The summed E-state index contributed by atoms with van der Waals surface area (Å²) in [6.07, 6.45) is 5.46. The minimum absolute atomic E-state index is 0.702. The van der Waals surface area contributed by atoms with Crippen molar-refractivity contribution in [3.8, 4) is 0 Å². The van der Waals surface area contributed by atoms with Crippen molar-refractivity contribution in [3.05, 3.63) is 35.9 Å². The van der Waals surface area contributed by atoms with Crippen molar-refractivity contribution in [2.75, 3.05) is 26.7 Å². The number of likely N-dealkylation sites (tertiary alicyclic amines) is 1. The van der Waals surface area contributed by atoms with E-state index in [1.165, 1.54) is 50.9 Å². The molecule has 2 nitrogen and oxygen atoms in total. The molecule has 2 heteroatoms. The predicted octanol–water partition coefficient (Wildman–Crippen LogP) is 2.55. The van der Waals surface area contributed by atoms with Crippen LogP contribution < -0.4 is 5.32 Å². The van der Waals surface area contributed by atoms with Crippen LogP contribution in [0.2, 0.25) is 0 Å². The maximum absolute atomic E-state index is 3.79. The number of nitrogens with one attached hydrogen (secondary N) is 1. The third-order valence-corrected chi connectivity index (χ3v) is 4.48. The average Bonchev–Trinajstić information content (AvgIpc) is 3.21. The van der Waals surface area contributed by atoms with Gasteiger partial charge in [0.05, 0.1) is 0 Å². The monoisotopic (exact) mass is 258 g/mol. The van der Waals surface area contributed by atoms with Crippen molar-refractivity contribution in [2.45, 2.75) is 31.7 Å². The molecule has 1 aromatic carbocycles. The standard InChI is InChI=1S/C17H26N2/c1-19-12-16(9-14-5-3-2-4-6-14)10-17(13-19)18-11-15-7-8-15/h2-6,15-18H,7-13H2,1H3. The Balaban J connectivity index is 1.52. The minimum atomic E-state index is 0.702. The predicted molar refractivity (Wildman–Crippen MR) is 80.3 cm³/mol. The molecule has 1 aliphatic heterocycles. The Morgan fingerprint density at radius 2 is 1.89 bits per heavy atom. The second-order valence-electron chi connectivity index (χ2n) is 6.56. The second kappa shape index (κ2) is 6.06. The summed E-state index contributed by atoms with van der Waals surface area (Å²) < 4.78 is 0.